The van der Waals surface area contributed by atoms with E-state index in [1.165, 1.54) is 0 Å². The number of guanidine groups is 1. The summed E-state index contributed by atoms with van der Waals surface area (Å²) < 4.78 is 0. The van der Waals surface area contributed by atoms with Crippen LogP contribution in [0.25, 0.3) is 10.8 Å². The highest BCUT2D eigenvalue weighted by molar-refractivity contribution is 5.95. The third-order valence-corrected chi connectivity index (χ3v) is 7.60. The van der Waals surface area contributed by atoms with Crippen molar-refractivity contribution in [2.24, 2.45) is 27.9 Å². The first-order valence-corrected chi connectivity index (χ1v) is 14.9. The minimum atomic E-state index is -1.03. The van der Waals surface area contributed by atoms with Crippen LogP contribution in [-0.2, 0) is 27.2 Å². The predicted octanol–water partition coefficient (Wildman–Crippen LogP) is 1.60. The molecule has 12 heteroatoms. The summed E-state index contributed by atoms with van der Waals surface area (Å²) in [6.07, 6.45) is 4.31. The second kappa shape index (κ2) is 15.8. The molecule has 0 fully saturated rings. The molecule has 0 saturated heterocycles. The summed E-state index contributed by atoms with van der Waals surface area (Å²) in [4.78, 5) is 48.2. The molecule has 4 rings (SSSR count). The lowest BCUT2D eigenvalue weighted by Crippen LogP contribution is -2.54. The first kappa shape index (κ1) is 33.1. The summed E-state index contributed by atoms with van der Waals surface area (Å²) in [5.74, 6) is -2.49. The van der Waals surface area contributed by atoms with Gasteiger partial charge in [-0.2, -0.15) is 0 Å². The molecule has 1 heterocycles. The number of amidine groups is 1. The summed E-state index contributed by atoms with van der Waals surface area (Å²) in [6.45, 7) is 0.263. The highest BCUT2D eigenvalue weighted by Crippen LogP contribution is 2.23. The lowest BCUT2D eigenvalue weighted by molar-refractivity contribution is -0.131. The van der Waals surface area contributed by atoms with Crippen LogP contribution in [0.5, 0.6) is 0 Å². The molecule has 238 valence electrons. The quantitative estimate of drug-likeness (QED) is 0.0588. The van der Waals surface area contributed by atoms with Gasteiger partial charge in [-0.3, -0.25) is 29.8 Å². The van der Waals surface area contributed by atoms with E-state index in [0.717, 1.165) is 21.9 Å². The molecule has 0 aliphatic rings. The molecular weight excluding hydrogens is 582 g/mol. The van der Waals surface area contributed by atoms with Crippen molar-refractivity contribution in [2.45, 2.75) is 43.7 Å². The Hall–Kier alpha value is -5.78. The molecule has 3 amide bonds. The zero-order valence-electron chi connectivity index (χ0n) is 25.4. The Kier molecular flexibility index (Phi) is 11.4. The van der Waals surface area contributed by atoms with E-state index in [9.17, 15) is 14.4 Å². The topological polar surface area (TPSA) is 228 Å². The van der Waals surface area contributed by atoms with Gasteiger partial charge >= 0.3 is 0 Å². The molecule has 46 heavy (non-hydrogen) atoms. The monoisotopic (exact) mass is 621 g/mol. The van der Waals surface area contributed by atoms with Gasteiger partial charge in [0.15, 0.2) is 5.96 Å². The average Bonchev–Trinajstić information content (AvgIpc) is 3.04. The van der Waals surface area contributed by atoms with E-state index < -0.39 is 35.7 Å². The van der Waals surface area contributed by atoms with Gasteiger partial charge < -0.3 is 33.6 Å². The van der Waals surface area contributed by atoms with Crippen LogP contribution in [0.3, 0.4) is 0 Å². The van der Waals surface area contributed by atoms with Crippen LogP contribution in [-0.4, -0.2) is 53.1 Å². The summed E-state index contributed by atoms with van der Waals surface area (Å²) in [5, 5.41) is 15.4. The number of nitrogen functional groups attached to an aromatic ring is 1. The van der Waals surface area contributed by atoms with Gasteiger partial charge in [0.2, 0.25) is 17.7 Å². The standard InChI is InChI=1S/C34H39N9O3/c35-30(36)24-13-9-21(10-14-24)18-27(26-7-3-15-40-20-26)32(45)43-29(19-22-11-12-23-5-1-2-6-25(23)17-22)33(46)42-28(31(37)44)8-4-16-41-34(38)39/h1-3,5-7,9-15,17,20,27-29H,4,8,16,18-19H2,(H3,35,36)(H2,37,44)(H,42,46)(H,43,45)(H4,38,39,41)/t27-,28+,29+/m1/s1. The van der Waals surface area contributed by atoms with Gasteiger partial charge in [-0.25, -0.2) is 0 Å². The number of rotatable bonds is 15. The van der Waals surface area contributed by atoms with E-state index in [1.807, 2.05) is 54.6 Å². The number of aliphatic imine (C=N–C) groups is 1. The van der Waals surface area contributed by atoms with Crippen LogP contribution in [0.1, 0.15) is 41.0 Å². The first-order chi connectivity index (χ1) is 22.1. The van der Waals surface area contributed by atoms with Crippen LogP contribution in [0, 0.1) is 5.41 Å². The minimum Gasteiger partial charge on any atom is -0.384 e. The minimum absolute atomic E-state index is 0.0545. The summed E-state index contributed by atoms with van der Waals surface area (Å²) in [5.41, 5.74) is 24.9. The Bertz CT molecular complexity index is 1700. The van der Waals surface area contributed by atoms with Crippen LogP contribution >= 0.6 is 0 Å². The van der Waals surface area contributed by atoms with Crippen molar-refractivity contribution in [3.8, 4) is 0 Å². The number of carbonyl (C=O) groups excluding carboxylic acids is 3. The summed E-state index contributed by atoms with van der Waals surface area (Å²) in [6, 6.07) is 22.3. The maximum Gasteiger partial charge on any atom is 0.243 e. The molecule has 0 saturated carbocycles. The normalized spacial score (nSPS) is 12.8. The van der Waals surface area contributed by atoms with Crippen molar-refractivity contribution in [2.75, 3.05) is 6.54 Å². The second-order valence-electron chi connectivity index (χ2n) is 11.0. The number of pyridine rings is 1. The molecule has 0 unspecified atom stereocenters. The van der Waals surface area contributed by atoms with Crippen LogP contribution in [0.15, 0.2) is 96.2 Å². The van der Waals surface area contributed by atoms with E-state index in [-0.39, 0.29) is 31.2 Å². The molecule has 1 aromatic heterocycles. The molecular formula is C34H39N9O3. The van der Waals surface area contributed by atoms with Crippen molar-refractivity contribution in [3.63, 3.8) is 0 Å². The molecule has 12 nitrogen and oxygen atoms in total. The summed E-state index contributed by atoms with van der Waals surface area (Å²) >= 11 is 0. The van der Waals surface area contributed by atoms with Gasteiger partial charge in [0.05, 0.1) is 5.92 Å². The fourth-order valence-electron chi connectivity index (χ4n) is 5.14. The molecule has 11 N–H and O–H groups in total. The Labute approximate surface area is 267 Å². The first-order valence-electron chi connectivity index (χ1n) is 14.9. The molecule has 0 radical (unpaired) electrons. The average molecular weight is 622 g/mol. The van der Waals surface area contributed by atoms with E-state index in [0.29, 0.717) is 24.0 Å². The lowest BCUT2D eigenvalue weighted by atomic mass is 9.91. The number of amides is 3. The van der Waals surface area contributed by atoms with Crippen molar-refractivity contribution < 1.29 is 14.4 Å². The predicted molar refractivity (Wildman–Crippen MR) is 179 cm³/mol. The van der Waals surface area contributed by atoms with Crippen LogP contribution in [0.4, 0.5) is 0 Å². The maximum atomic E-state index is 14.0. The maximum absolute atomic E-state index is 14.0. The Morgan fingerprint density at radius 1 is 0.783 bits per heavy atom. The third kappa shape index (κ3) is 9.36. The van der Waals surface area contributed by atoms with Crippen molar-refractivity contribution in [1.82, 2.24) is 15.6 Å². The molecule has 0 aliphatic carbocycles. The zero-order valence-corrected chi connectivity index (χ0v) is 25.4. The molecule has 0 spiro atoms. The fraction of sp³-hybridized carbons (Fsp3) is 0.235. The number of nitrogens with two attached hydrogens (primary N) is 4. The Morgan fingerprint density at radius 3 is 2.13 bits per heavy atom. The number of nitrogens with zero attached hydrogens (tertiary/aromatic N) is 2. The van der Waals surface area contributed by atoms with E-state index in [2.05, 4.69) is 20.6 Å². The largest absolute Gasteiger partial charge is 0.384 e. The fourth-order valence-corrected chi connectivity index (χ4v) is 5.14. The molecule has 0 aliphatic heterocycles. The number of benzene rings is 3. The third-order valence-electron chi connectivity index (χ3n) is 7.60. The molecule has 4 aromatic rings. The van der Waals surface area contributed by atoms with E-state index in [4.69, 9.17) is 28.3 Å². The molecule has 3 atom stereocenters. The number of primary amides is 1. The Morgan fingerprint density at radius 2 is 1.48 bits per heavy atom. The molecule has 3 aromatic carbocycles. The van der Waals surface area contributed by atoms with Crippen molar-refractivity contribution in [3.05, 3.63) is 114 Å². The van der Waals surface area contributed by atoms with Crippen molar-refractivity contribution >= 4 is 40.3 Å². The van der Waals surface area contributed by atoms with Gasteiger partial charge in [0.1, 0.15) is 17.9 Å². The van der Waals surface area contributed by atoms with E-state index >= 15 is 0 Å². The Balaban J connectivity index is 1.61. The van der Waals surface area contributed by atoms with Gasteiger partial charge in [-0.1, -0.05) is 72.8 Å². The smallest absolute Gasteiger partial charge is 0.243 e. The van der Waals surface area contributed by atoms with Gasteiger partial charge in [-0.15, -0.1) is 0 Å². The number of hydrogen-bond acceptors (Lipinski definition) is 6. The highest BCUT2D eigenvalue weighted by atomic mass is 16.2. The van der Waals surface area contributed by atoms with E-state index in [1.54, 1.807) is 36.7 Å². The summed E-state index contributed by atoms with van der Waals surface area (Å²) in [7, 11) is 0. The number of nitrogens with one attached hydrogen (secondary N) is 3. The van der Waals surface area contributed by atoms with Crippen LogP contribution in [0.2, 0.25) is 0 Å². The number of fused-ring (bicyclic) bond motifs is 1. The zero-order chi connectivity index (χ0) is 33.1. The van der Waals surface area contributed by atoms with Crippen LogP contribution < -0.4 is 33.6 Å². The second-order valence-corrected chi connectivity index (χ2v) is 11.0. The lowest BCUT2D eigenvalue weighted by Gasteiger charge is -2.25. The van der Waals surface area contributed by atoms with Crippen molar-refractivity contribution in [1.29, 1.82) is 5.41 Å². The van der Waals surface area contributed by atoms with Gasteiger partial charge in [-0.05, 0) is 52.8 Å². The van der Waals surface area contributed by atoms with Gasteiger partial charge in [0, 0.05) is 30.9 Å². The number of aromatic nitrogens is 1. The molecule has 0 bridgehead atoms. The van der Waals surface area contributed by atoms with Gasteiger partial charge in [0.25, 0.3) is 0 Å². The number of hydrogen-bond donors (Lipinski definition) is 7. The highest BCUT2D eigenvalue weighted by Gasteiger charge is 2.29. The SMILES string of the molecule is N=C(N)c1ccc(C[C@@H](C(=O)N[C@@H](Cc2ccc3ccccc3c2)C(=O)N[C@@H](CCCN=C(N)N)C(N)=O)c2cccnc2)cc1. The number of carbonyl (C=O) groups is 3.